The number of methoxy groups -OCH3 is 2. The second-order valence-corrected chi connectivity index (χ2v) is 9.77. The molecule has 1 fully saturated rings. The molecule has 3 aliphatic rings. The number of rotatable bonds is 7. The summed E-state index contributed by atoms with van der Waals surface area (Å²) in [5, 5.41) is 0. The predicted octanol–water partition coefficient (Wildman–Crippen LogP) is 5.08. The third-order valence-electron chi connectivity index (χ3n) is 8.15. The second-order valence-electron chi connectivity index (χ2n) is 9.77. The SMILES string of the molecule is COc1ccc2c(c1)CCC1=C3C[C@H](OC)C[C@]3(N)CC[C@]12CCOCc1ccccc1. The Bertz CT molecular complexity index is 1000. The van der Waals surface area contributed by atoms with Crippen LogP contribution in [0.3, 0.4) is 0 Å². The zero-order chi connectivity index (χ0) is 22.2. The van der Waals surface area contributed by atoms with E-state index >= 15 is 0 Å². The number of hydrogen-bond donors (Lipinski definition) is 1. The lowest BCUT2D eigenvalue weighted by atomic mass is 9.56. The van der Waals surface area contributed by atoms with E-state index in [4.69, 9.17) is 19.9 Å². The fraction of sp³-hybridized carbons (Fsp3) is 0.500. The van der Waals surface area contributed by atoms with Crippen LogP contribution in [0.4, 0.5) is 0 Å². The third-order valence-corrected chi connectivity index (χ3v) is 8.15. The van der Waals surface area contributed by atoms with Crippen molar-refractivity contribution in [3.05, 3.63) is 76.4 Å². The normalized spacial score (nSPS) is 28.8. The van der Waals surface area contributed by atoms with Crippen LogP contribution in [-0.4, -0.2) is 32.5 Å². The molecule has 3 atom stereocenters. The largest absolute Gasteiger partial charge is 0.497 e. The standard InChI is InChI=1S/C28H35NO3/c1-30-22-9-11-24-21(16-22)8-10-25-26-17-23(31-2)18-28(26,29)13-12-27(24,25)14-15-32-19-20-6-4-3-5-7-20/h3-7,9,11,16,23H,8,10,12-15,17-19,29H2,1-2H3/t23-,27+,28+/m0/s1. The van der Waals surface area contributed by atoms with Gasteiger partial charge in [-0.25, -0.2) is 0 Å². The maximum atomic E-state index is 7.00. The molecule has 2 aromatic rings. The van der Waals surface area contributed by atoms with Crippen LogP contribution in [0.15, 0.2) is 59.7 Å². The zero-order valence-corrected chi connectivity index (χ0v) is 19.4. The highest BCUT2D eigenvalue weighted by Gasteiger charge is 2.52. The molecule has 0 aliphatic heterocycles. The highest BCUT2D eigenvalue weighted by atomic mass is 16.5. The van der Waals surface area contributed by atoms with Crippen molar-refractivity contribution in [1.82, 2.24) is 0 Å². The van der Waals surface area contributed by atoms with E-state index in [1.165, 1.54) is 22.3 Å². The quantitative estimate of drug-likeness (QED) is 0.489. The number of allylic oxidation sites excluding steroid dienone is 1. The molecule has 1 saturated carbocycles. The Hall–Kier alpha value is -2.14. The van der Waals surface area contributed by atoms with E-state index in [1.54, 1.807) is 12.7 Å². The van der Waals surface area contributed by atoms with Crippen molar-refractivity contribution in [3.63, 3.8) is 0 Å². The van der Waals surface area contributed by atoms with Crippen LogP contribution >= 0.6 is 0 Å². The van der Waals surface area contributed by atoms with Gasteiger partial charge in [0, 0.05) is 24.7 Å². The maximum Gasteiger partial charge on any atom is 0.119 e. The van der Waals surface area contributed by atoms with Gasteiger partial charge in [-0.1, -0.05) is 42.0 Å². The zero-order valence-electron chi connectivity index (χ0n) is 19.4. The summed E-state index contributed by atoms with van der Waals surface area (Å²) in [7, 11) is 3.57. The molecule has 0 saturated heterocycles. The van der Waals surface area contributed by atoms with E-state index in [1.807, 2.05) is 13.2 Å². The lowest BCUT2D eigenvalue weighted by Gasteiger charge is -2.49. The van der Waals surface area contributed by atoms with Gasteiger partial charge in [-0.05, 0) is 79.3 Å². The Morgan fingerprint density at radius 1 is 1.00 bits per heavy atom. The summed E-state index contributed by atoms with van der Waals surface area (Å²) >= 11 is 0. The molecular formula is C28H35NO3. The average molecular weight is 434 g/mol. The Balaban J connectivity index is 1.48. The van der Waals surface area contributed by atoms with Crippen LogP contribution in [-0.2, 0) is 27.9 Å². The lowest BCUT2D eigenvalue weighted by molar-refractivity contribution is 0.0957. The molecule has 32 heavy (non-hydrogen) atoms. The van der Waals surface area contributed by atoms with Gasteiger partial charge in [0.05, 0.1) is 19.8 Å². The molecule has 170 valence electrons. The van der Waals surface area contributed by atoms with E-state index < -0.39 is 0 Å². The number of hydrogen-bond acceptors (Lipinski definition) is 4. The Labute approximate surface area is 191 Å². The summed E-state index contributed by atoms with van der Waals surface area (Å²) in [5.74, 6) is 0.944. The minimum Gasteiger partial charge on any atom is -0.497 e. The number of ether oxygens (including phenoxy) is 3. The van der Waals surface area contributed by atoms with Crippen molar-refractivity contribution in [2.24, 2.45) is 5.73 Å². The number of benzene rings is 2. The fourth-order valence-electron chi connectivity index (χ4n) is 6.49. The number of nitrogens with two attached hydrogens (primary N) is 1. The summed E-state index contributed by atoms with van der Waals surface area (Å²) in [6, 6.07) is 17.1. The molecule has 0 radical (unpaired) electrons. The van der Waals surface area contributed by atoms with Gasteiger partial charge in [-0.2, -0.15) is 0 Å². The van der Waals surface area contributed by atoms with Crippen LogP contribution in [0.2, 0.25) is 0 Å². The predicted molar refractivity (Wildman–Crippen MR) is 127 cm³/mol. The van der Waals surface area contributed by atoms with E-state index in [2.05, 4.69) is 42.5 Å². The van der Waals surface area contributed by atoms with Gasteiger partial charge in [-0.15, -0.1) is 0 Å². The fourth-order valence-corrected chi connectivity index (χ4v) is 6.49. The topological polar surface area (TPSA) is 53.7 Å². The number of aryl methyl sites for hydroxylation is 1. The van der Waals surface area contributed by atoms with Gasteiger partial charge < -0.3 is 19.9 Å². The van der Waals surface area contributed by atoms with Gasteiger partial charge in [0.2, 0.25) is 0 Å². The molecular weight excluding hydrogens is 398 g/mol. The van der Waals surface area contributed by atoms with Crippen molar-refractivity contribution in [3.8, 4) is 5.75 Å². The second kappa shape index (κ2) is 8.66. The lowest BCUT2D eigenvalue weighted by Crippen LogP contribution is -2.49. The van der Waals surface area contributed by atoms with Crippen LogP contribution < -0.4 is 10.5 Å². The summed E-state index contributed by atoms with van der Waals surface area (Å²) in [6.07, 6.45) is 7.35. The number of fused-ring (bicyclic) bond motifs is 4. The molecule has 0 bridgehead atoms. The smallest absolute Gasteiger partial charge is 0.119 e. The van der Waals surface area contributed by atoms with Gasteiger partial charge in [-0.3, -0.25) is 0 Å². The molecule has 4 nitrogen and oxygen atoms in total. The average Bonchev–Trinajstić information content (AvgIpc) is 3.19. The molecule has 0 amide bonds. The van der Waals surface area contributed by atoms with E-state index in [-0.39, 0.29) is 17.1 Å². The van der Waals surface area contributed by atoms with Crippen molar-refractivity contribution >= 4 is 0 Å². The molecule has 0 unspecified atom stereocenters. The van der Waals surface area contributed by atoms with Crippen LogP contribution in [0, 0.1) is 0 Å². The Morgan fingerprint density at radius 2 is 1.84 bits per heavy atom. The monoisotopic (exact) mass is 433 g/mol. The highest BCUT2D eigenvalue weighted by molar-refractivity contribution is 5.54. The molecule has 5 rings (SSSR count). The summed E-state index contributed by atoms with van der Waals surface area (Å²) in [6.45, 7) is 1.40. The summed E-state index contributed by atoms with van der Waals surface area (Å²) < 4.78 is 17.5. The molecule has 4 heteroatoms. The van der Waals surface area contributed by atoms with Gasteiger partial charge in [0.15, 0.2) is 0 Å². The minimum absolute atomic E-state index is 0.0113. The van der Waals surface area contributed by atoms with Crippen molar-refractivity contribution < 1.29 is 14.2 Å². The molecule has 0 spiro atoms. The minimum atomic E-state index is -0.200. The van der Waals surface area contributed by atoms with Crippen LogP contribution in [0.1, 0.15) is 55.2 Å². The first-order valence-corrected chi connectivity index (χ1v) is 11.9. The molecule has 0 aromatic heterocycles. The molecule has 2 aromatic carbocycles. The maximum absolute atomic E-state index is 7.00. The Kier molecular flexibility index (Phi) is 5.87. The van der Waals surface area contributed by atoms with Crippen LogP contribution in [0.25, 0.3) is 0 Å². The van der Waals surface area contributed by atoms with Crippen LogP contribution in [0.5, 0.6) is 5.75 Å². The summed E-state index contributed by atoms with van der Waals surface area (Å²) in [5.41, 5.74) is 14.0. The summed E-state index contributed by atoms with van der Waals surface area (Å²) in [4.78, 5) is 0. The van der Waals surface area contributed by atoms with E-state index in [0.717, 1.165) is 57.3 Å². The first kappa shape index (κ1) is 21.7. The third kappa shape index (κ3) is 3.68. The highest BCUT2D eigenvalue weighted by Crippen LogP contribution is 2.57. The molecule has 2 N–H and O–H groups in total. The Morgan fingerprint density at radius 3 is 2.62 bits per heavy atom. The van der Waals surface area contributed by atoms with Gasteiger partial charge in [0.25, 0.3) is 0 Å². The van der Waals surface area contributed by atoms with Crippen molar-refractivity contribution in [2.45, 2.75) is 68.6 Å². The molecule has 3 aliphatic carbocycles. The van der Waals surface area contributed by atoms with E-state index in [9.17, 15) is 0 Å². The van der Waals surface area contributed by atoms with Gasteiger partial charge in [0.1, 0.15) is 5.75 Å². The van der Waals surface area contributed by atoms with Crippen molar-refractivity contribution in [2.75, 3.05) is 20.8 Å². The van der Waals surface area contributed by atoms with Gasteiger partial charge >= 0.3 is 0 Å². The van der Waals surface area contributed by atoms with E-state index in [0.29, 0.717) is 6.61 Å². The first-order valence-electron chi connectivity index (χ1n) is 11.9. The first-order chi connectivity index (χ1) is 15.6. The van der Waals surface area contributed by atoms with Crippen molar-refractivity contribution in [1.29, 1.82) is 0 Å². The molecule has 0 heterocycles.